The minimum Gasteiger partial charge on any atom is -0.480 e. The summed E-state index contributed by atoms with van der Waals surface area (Å²) in [6.07, 6.45) is 1.29. The molecule has 1 aliphatic heterocycles. The molecule has 21 heavy (non-hydrogen) atoms. The Bertz CT molecular complexity index is 416. The number of likely N-dealkylation sites (tertiary alicyclic amines) is 1. The maximum atomic E-state index is 12.4. The van der Waals surface area contributed by atoms with Crippen LogP contribution in [0.25, 0.3) is 0 Å². The Hall–Kier alpha value is -1.79. The third kappa shape index (κ3) is 5.24. The molecule has 120 valence electrons. The van der Waals surface area contributed by atoms with E-state index in [1.54, 1.807) is 20.8 Å². The van der Waals surface area contributed by atoms with E-state index >= 15 is 0 Å². The summed E-state index contributed by atoms with van der Waals surface area (Å²) < 4.78 is 5.14. The fourth-order valence-corrected chi connectivity index (χ4v) is 2.17. The van der Waals surface area contributed by atoms with Gasteiger partial charge in [0.25, 0.3) is 0 Å². The Morgan fingerprint density at radius 3 is 2.52 bits per heavy atom. The molecule has 2 unspecified atom stereocenters. The molecule has 0 aromatic heterocycles. The lowest BCUT2D eigenvalue weighted by Gasteiger charge is -2.28. The van der Waals surface area contributed by atoms with Gasteiger partial charge in [-0.1, -0.05) is 0 Å². The predicted molar refractivity (Wildman–Crippen MR) is 75.8 cm³/mol. The Morgan fingerprint density at radius 2 is 2.00 bits per heavy atom. The van der Waals surface area contributed by atoms with E-state index in [1.807, 2.05) is 0 Å². The second-order valence-electron chi connectivity index (χ2n) is 6.24. The van der Waals surface area contributed by atoms with E-state index in [4.69, 9.17) is 9.84 Å². The highest BCUT2D eigenvalue weighted by atomic mass is 16.6. The Kier molecular flexibility index (Phi) is 5.57. The summed E-state index contributed by atoms with van der Waals surface area (Å²) in [6.45, 7) is 7.07. The van der Waals surface area contributed by atoms with Crippen LogP contribution in [0.15, 0.2) is 0 Å². The first kappa shape index (κ1) is 17.3. The first-order chi connectivity index (χ1) is 9.61. The normalized spacial score (nSPS) is 21.4. The van der Waals surface area contributed by atoms with Crippen molar-refractivity contribution >= 4 is 18.0 Å². The molecule has 2 atom stereocenters. The van der Waals surface area contributed by atoms with E-state index in [0.717, 1.165) is 12.8 Å². The predicted octanol–water partition coefficient (Wildman–Crippen LogP) is 1.37. The number of amides is 2. The number of ether oxygens (including phenoxy) is 1. The Morgan fingerprint density at radius 1 is 1.38 bits per heavy atom. The molecule has 1 rings (SSSR count). The number of carboxylic acids is 1. The molecular weight excluding hydrogens is 276 g/mol. The van der Waals surface area contributed by atoms with Crippen LogP contribution in [0.3, 0.4) is 0 Å². The summed E-state index contributed by atoms with van der Waals surface area (Å²) in [7, 11) is 0. The second-order valence-corrected chi connectivity index (χ2v) is 6.24. The van der Waals surface area contributed by atoms with Crippen LogP contribution in [0.1, 0.15) is 47.0 Å². The van der Waals surface area contributed by atoms with Gasteiger partial charge in [-0.05, 0) is 47.0 Å². The van der Waals surface area contributed by atoms with Crippen molar-refractivity contribution in [2.24, 2.45) is 0 Å². The first-order valence-corrected chi connectivity index (χ1v) is 7.14. The monoisotopic (exact) mass is 300 g/mol. The third-order valence-electron chi connectivity index (χ3n) is 3.24. The number of nitrogens with one attached hydrogen (secondary N) is 1. The number of nitrogens with zero attached hydrogens (tertiary/aromatic N) is 1. The van der Waals surface area contributed by atoms with Gasteiger partial charge in [-0.3, -0.25) is 4.79 Å². The van der Waals surface area contributed by atoms with E-state index in [9.17, 15) is 14.4 Å². The first-order valence-electron chi connectivity index (χ1n) is 7.14. The Balaban J connectivity index is 2.75. The number of carbonyl (C=O) groups is 3. The molecule has 2 amide bonds. The smallest absolute Gasteiger partial charge is 0.408 e. The SMILES string of the molecule is CC(C(=O)O)N1CCCCC(NC(=O)OC(C)(C)C)C1=O. The fraction of sp³-hybridized carbons (Fsp3) is 0.786. The van der Waals surface area contributed by atoms with E-state index in [0.29, 0.717) is 13.0 Å². The van der Waals surface area contributed by atoms with Crippen LogP contribution >= 0.6 is 0 Å². The molecule has 0 spiro atoms. The number of carboxylic acid groups (broad SMARTS) is 1. The van der Waals surface area contributed by atoms with Gasteiger partial charge < -0.3 is 20.1 Å². The third-order valence-corrected chi connectivity index (χ3v) is 3.24. The molecule has 1 saturated heterocycles. The fourth-order valence-electron chi connectivity index (χ4n) is 2.17. The van der Waals surface area contributed by atoms with Crippen LogP contribution in [-0.2, 0) is 14.3 Å². The lowest BCUT2D eigenvalue weighted by molar-refractivity contribution is -0.149. The van der Waals surface area contributed by atoms with Crippen LogP contribution in [0.4, 0.5) is 4.79 Å². The van der Waals surface area contributed by atoms with Crippen molar-refractivity contribution in [2.75, 3.05) is 6.54 Å². The van der Waals surface area contributed by atoms with Crippen LogP contribution in [0.5, 0.6) is 0 Å². The van der Waals surface area contributed by atoms with E-state index in [-0.39, 0.29) is 5.91 Å². The van der Waals surface area contributed by atoms with Crippen molar-refractivity contribution in [1.82, 2.24) is 10.2 Å². The summed E-state index contributed by atoms with van der Waals surface area (Å²) >= 11 is 0. The summed E-state index contributed by atoms with van der Waals surface area (Å²) in [5.74, 6) is -1.42. The molecule has 1 fully saturated rings. The van der Waals surface area contributed by atoms with Crippen molar-refractivity contribution < 1.29 is 24.2 Å². The molecule has 0 aliphatic carbocycles. The molecule has 7 heteroatoms. The van der Waals surface area contributed by atoms with Gasteiger partial charge in [0, 0.05) is 6.54 Å². The minimum absolute atomic E-state index is 0.367. The number of hydrogen-bond donors (Lipinski definition) is 2. The topological polar surface area (TPSA) is 95.9 Å². The molecule has 0 bridgehead atoms. The quantitative estimate of drug-likeness (QED) is 0.820. The van der Waals surface area contributed by atoms with Gasteiger partial charge >= 0.3 is 12.1 Å². The Labute approximate surface area is 124 Å². The molecule has 0 aromatic rings. The summed E-state index contributed by atoms with van der Waals surface area (Å²) in [6, 6.07) is -1.64. The van der Waals surface area contributed by atoms with Gasteiger partial charge in [0.15, 0.2) is 0 Å². The van der Waals surface area contributed by atoms with Crippen LogP contribution in [0.2, 0.25) is 0 Å². The summed E-state index contributed by atoms with van der Waals surface area (Å²) in [5.41, 5.74) is -0.647. The molecular formula is C14H24N2O5. The number of alkyl carbamates (subject to hydrolysis) is 1. The van der Waals surface area contributed by atoms with E-state index < -0.39 is 29.7 Å². The number of hydrogen-bond acceptors (Lipinski definition) is 4. The van der Waals surface area contributed by atoms with Gasteiger partial charge in [-0.25, -0.2) is 9.59 Å². The van der Waals surface area contributed by atoms with E-state index in [2.05, 4.69) is 5.32 Å². The highest BCUT2D eigenvalue weighted by Crippen LogP contribution is 2.16. The zero-order valence-electron chi connectivity index (χ0n) is 13.0. The number of carbonyl (C=O) groups excluding carboxylic acids is 2. The van der Waals surface area contributed by atoms with E-state index in [1.165, 1.54) is 11.8 Å². The van der Waals surface area contributed by atoms with Crippen molar-refractivity contribution in [3.05, 3.63) is 0 Å². The minimum atomic E-state index is -1.05. The molecule has 1 aliphatic rings. The van der Waals surface area contributed by atoms with Gasteiger partial charge in [0.1, 0.15) is 17.7 Å². The van der Waals surface area contributed by atoms with Crippen LogP contribution in [0, 0.1) is 0 Å². The second kappa shape index (κ2) is 6.78. The molecule has 2 N–H and O–H groups in total. The average Bonchev–Trinajstić information content (AvgIpc) is 2.49. The van der Waals surface area contributed by atoms with Crippen molar-refractivity contribution in [3.8, 4) is 0 Å². The van der Waals surface area contributed by atoms with Gasteiger partial charge in [-0.2, -0.15) is 0 Å². The number of rotatable bonds is 3. The maximum Gasteiger partial charge on any atom is 0.408 e. The molecule has 1 heterocycles. The van der Waals surface area contributed by atoms with Gasteiger partial charge in [-0.15, -0.1) is 0 Å². The van der Waals surface area contributed by atoms with Crippen LogP contribution < -0.4 is 5.32 Å². The lowest BCUT2D eigenvalue weighted by Crippen LogP contribution is -2.52. The molecule has 0 aromatic carbocycles. The van der Waals surface area contributed by atoms with Gasteiger partial charge in [0.2, 0.25) is 5.91 Å². The van der Waals surface area contributed by atoms with Crippen LogP contribution in [-0.4, -0.2) is 52.2 Å². The summed E-state index contributed by atoms with van der Waals surface area (Å²) in [4.78, 5) is 36.5. The van der Waals surface area contributed by atoms with Crippen molar-refractivity contribution in [2.45, 2.75) is 64.6 Å². The largest absolute Gasteiger partial charge is 0.480 e. The lowest BCUT2D eigenvalue weighted by atomic mass is 10.1. The standard InChI is InChI=1S/C14H24N2O5/c1-9(12(18)19)16-8-6-5-7-10(11(16)17)15-13(20)21-14(2,3)4/h9-10H,5-8H2,1-4H3,(H,15,20)(H,18,19). The van der Waals surface area contributed by atoms with Crippen molar-refractivity contribution in [1.29, 1.82) is 0 Å². The maximum absolute atomic E-state index is 12.4. The summed E-state index contributed by atoms with van der Waals surface area (Å²) in [5, 5.41) is 11.6. The number of aliphatic carboxylic acids is 1. The zero-order chi connectivity index (χ0) is 16.2. The molecule has 0 radical (unpaired) electrons. The van der Waals surface area contributed by atoms with Gasteiger partial charge in [0.05, 0.1) is 0 Å². The zero-order valence-corrected chi connectivity index (χ0v) is 13.0. The molecule has 0 saturated carbocycles. The average molecular weight is 300 g/mol. The highest BCUT2D eigenvalue weighted by Gasteiger charge is 2.34. The molecule has 7 nitrogen and oxygen atoms in total. The highest BCUT2D eigenvalue weighted by molar-refractivity contribution is 5.89. The van der Waals surface area contributed by atoms with Crippen molar-refractivity contribution in [3.63, 3.8) is 0 Å².